The monoisotopic (exact) mass is 365 g/mol. The summed E-state index contributed by atoms with van der Waals surface area (Å²) in [6.07, 6.45) is 6.27. The summed E-state index contributed by atoms with van der Waals surface area (Å²) in [5.74, 6) is 1.47. The summed E-state index contributed by atoms with van der Waals surface area (Å²) in [6.45, 7) is 4.49. The maximum Gasteiger partial charge on any atom is 0.246 e. The van der Waals surface area contributed by atoms with E-state index in [1.54, 1.807) is 15.9 Å². The van der Waals surface area contributed by atoms with E-state index < -0.39 is 0 Å². The Kier molecular flexibility index (Phi) is 5.45. The first-order valence-corrected chi connectivity index (χ1v) is 9.75. The Hall–Kier alpha value is -1.54. The number of carbonyl (C=O) groups excluding carboxylic acids is 1. The first kappa shape index (κ1) is 17.3. The number of thiazole rings is 1. The van der Waals surface area contributed by atoms with Crippen LogP contribution in [0.25, 0.3) is 0 Å². The van der Waals surface area contributed by atoms with Crippen LogP contribution in [0, 0.1) is 10.7 Å². The Balaban J connectivity index is 1.67. The standard InChI is InChI=1S/C16H23N5OS2/c1-3-5-13-19-20-16(23)21(13)9-14(22)18-15-17-11-7-6-10(4-2)8-12(11)24-15/h10H,3-9H2,1-2H3,(H,20,23)(H,17,18,22). The van der Waals surface area contributed by atoms with Gasteiger partial charge in [0.2, 0.25) is 5.91 Å². The number of H-pyrrole nitrogens is 1. The van der Waals surface area contributed by atoms with Gasteiger partial charge in [0.15, 0.2) is 9.90 Å². The van der Waals surface area contributed by atoms with Crippen molar-refractivity contribution < 1.29 is 4.79 Å². The zero-order chi connectivity index (χ0) is 17.1. The van der Waals surface area contributed by atoms with Gasteiger partial charge in [-0.2, -0.15) is 5.10 Å². The number of rotatable bonds is 6. The van der Waals surface area contributed by atoms with E-state index in [1.165, 1.54) is 17.7 Å². The molecule has 3 rings (SSSR count). The topological polar surface area (TPSA) is 75.6 Å². The van der Waals surface area contributed by atoms with Gasteiger partial charge in [-0.3, -0.25) is 14.5 Å². The number of aromatic nitrogens is 4. The lowest BCUT2D eigenvalue weighted by Crippen LogP contribution is -2.20. The van der Waals surface area contributed by atoms with Crippen molar-refractivity contribution in [1.29, 1.82) is 0 Å². The Morgan fingerprint density at radius 3 is 3.08 bits per heavy atom. The van der Waals surface area contributed by atoms with E-state index in [-0.39, 0.29) is 12.5 Å². The van der Waals surface area contributed by atoms with Gasteiger partial charge in [-0.25, -0.2) is 4.98 Å². The Labute approximate surface area is 150 Å². The molecule has 0 bridgehead atoms. The van der Waals surface area contributed by atoms with Crippen LogP contribution in [0.2, 0.25) is 0 Å². The van der Waals surface area contributed by atoms with Crippen LogP contribution < -0.4 is 5.32 Å². The van der Waals surface area contributed by atoms with Gasteiger partial charge >= 0.3 is 0 Å². The summed E-state index contributed by atoms with van der Waals surface area (Å²) < 4.78 is 2.24. The molecule has 8 heteroatoms. The van der Waals surface area contributed by atoms with E-state index in [9.17, 15) is 4.79 Å². The van der Waals surface area contributed by atoms with E-state index in [4.69, 9.17) is 12.2 Å². The van der Waals surface area contributed by atoms with Crippen molar-refractivity contribution in [3.63, 3.8) is 0 Å². The third-order valence-corrected chi connectivity index (χ3v) is 5.83. The largest absolute Gasteiger partial charge is 0.300 e. The molecule has 2 aromatic rings. The van der Waals surface area contributed by atoms with Crippen molar-refractivity contribution in [2.45, 2.75) is 58.9 Å². The molecule has 6 nitrogen and oxygen atoms in total. The summed E-state index contributed by atoms with van der Waals surface area (Å²) in [6, 6.07) is 0. The average Bonchev–Trinajstić information content (AvgIpc) is 3.11. The van der Waals surface area contributed by atoms with Crippen LogP contribution in [0.4, 0.5) is 5.13 Å². The number of amides is 1. The fourth-order valence-electron chi connectivity index (χ4n) is 3.08. The van der Waals surface area contributed by atoms with Crippen molar-refractivity contribution in [3.8, 4) is 0 Å². The molecule has 0 fully saturated rings. The highest BCUT2D eigenvalue weighted by atomic mass is 32.1. The highest BCUT2D eigenvalue weighted by Crippen LogP contribution is 2.33. The first-order valence-electron chi connectivity index (χ1n) is 8.53. The number of hydrogen-bond donors (Lipinski definition) is 2. The molecule has 1 aliphatic carbocycles. The number of nitrogens with one attached hydrogen (secondary N) is 2. The van der Waals surface area contributed by atoms with Gasteiger partial charge in [0, 0.05) is 11.3 Å². The first-order chi connectivity index (χ1) is 11.6. The predicted molar refractivity (Wildman–Crippen MR) is 98.0 cm³/mol. The molecule has 0 radical (unpaired) electrons. The summed E-state index contributed by atoms with van der Waals surface area (Å²) in [7, 11) is 0. The number of fused-ring (bicyclic) bond motifs is 1. The fourth-order valence-corrected chi connectivity index (χ4v) is 4.43. The molecule has 1 amide bonds. The highest BCUT2D eigenvalue weighted by molar-refractivity contribution is 7.71. The normalized spacial score (nSPS) is 16.8. The van der Waals surface area contributed by atoms with E-state index in [1.807, 2.05) is 0 Å². The molecule has 1 atom stereocenters. The molecule has 1 unspecified atom stereocenters. The molecule has 0 spiro atoms. The van der Waals surface area contributed by atoms with Crippen molar-refractivity contribution >= 4 is 34.6 Å². The van der Waals surface area contributed by atoms with Gasteiger partial charge in [-0.05, 0) is 43.8 Å². The minimum Gasteiger partial charge on any atom is -0.300 e. The summed E-state index contributed by atoms with van der Waals surface area (Å²) in [4.78, 5) is 18.3. The van der Waals surface area contributed by atoms with Crippen molar-refractivity contribution in [2.24, 2.45) is 5.92 Å². The van der Waals surface area contributed by atoms with Gasteiger partial charge in [0.05, 0.1) is 5.69 Å². The number of aryl methyl sites for hydroxylation is 2. The summed E-state index contributed by atoms with van der Waals surface area (Å²) in [5.41, 5.74) is 1.16. The molecule has 0 aromatic carbocycles. The molecule has 2 aromatic heterocycles. The van der Waals surface area contributed by atoms with Gasteiger partial charge in [0.25, 0.3) is 0 Å². The highest BCUT2D eigenvalue weighted by Gasteiger charge is 2.22. The molecular weight excluding hydrogens is 342 g/mol. The predicted octanol–water partition coefficient (Wildman–Crippen LogP) is 3.50. The van der Waals surface area contributed by atoms with E-state index in [2.05, 4.69) is 34.3 Å². The lowest BCUT2D eigenvalue weighted by molar-refractivity contribution is -0.116. The zero-order valence-electron chi connectivity index (χ0n) is 14.1. The minimum absolute atomic E-state index is 0.108. The molecule has 2 heterocycles. The minimum atomic E-state index is -0.108. The maximum absolute atomic E-state index is 12.4. The van der Waals surface area contributed by atoms with E-state index in [0.717, 1.165) is 43.1 Å². The Morgan fingerprint density at radius 2 is 2.33 bits per heavy atom. The van der Waals surface area contributed by atoms with Gasteiger partial charge in [-0.1, -0.05) is 20.3 Å². The van der Waals surface area contributed by atoms with Crippen LogP contribution in [0.1, 0.15) is 49.5 Å². The molecule has 0 saturated heterocycles. The second-order valence-corrected chi connectivity index (χ2v) is 7.71. The zero-order valence-corrected chi connectivity index (χ0v) is 15.7. The van der Waals surface area contributed by atoms with Crippen molar-refractivity contribution in [2.75, 3.05) is 5.32 Å². The molecule has 2 N–H and O–H groups in total. The van der Waals surface area contributed by atoms with Crippen LogP contribution in [0.3, 0.4) is 0 Å². The molecule has 0 aliphatic heterocycles. The number of anilines is 1. The van der Waals surface area contributed by atoms with Crippen LogP contribution in [0.15, 0.2) is 0 Å². The van der Waals surface area contributed by atoms with E-state index >= 15 is 0 Å². The lowest BCUT2D eigenvalue weighted by atomic mass is 9.89. The van der Waals surface area contributed by atoms with Crippen LogP contribution in [-0.2, 0) is 30.6 Å². The Bertz CT molecular complexity index is 776. The molecular formula is C16H23N5OS2. The number of nitrogens with zero attached hydrogens (tertiary/aromatic N) is 3. The van der Waals surface area contributed by atoms with E-state index in [0.29, 0.717) is 9.90 Å². The third-order valence-electron chi connectivity index (χ3n) is 4.48. The van der Waals surface area contributed by atoms with Crippen molar-refractivity contribution in [1.82, 2.24) is 19.7 Å². The molecule has 130 valence electrons. The van der Waals surface area contributed by atoms with Crippen LogP contribution in [-0.4, -0.2) is 25.7 Å². The SMILES string of the molecule is CCCc1n[nH]c(=S)n1CC(=O)Nc1nc2c(s1)CC(CC)CC2. The Morgan fingerprint density at radius 1 is 1.50 bits per heavy atom. The summed E-state index contributed by atoms with van der Waals surface area (Å²) >= 11 is 6.83. The third kappa shape index (κ3) is 3.75. The molecule has 1 aliphatic rings. The molecule has 24 heavy (non-hydrogen) atoms. The number of carbonyl (C=O) groups is 1. The quantitative estimate of drug-likeness (QED) is 0.768. The van der Waals surface area contributed by atoms with Gasteiger partial charge < -0.3 is 5.32 Å². The smallest absolute Gasteiger partial charge is 0.246 e. The van der Waals surface area contributed by atoms with Crippen molar-refractivity contribution in [3.05, 3.63) is 21.2 Å². The van der Waals surface area contributed by atoms with Crippen LogP contribution >= 0.6 is 23.6 Å². The van der Waals surface area contributed by atoms with Gasteiger partial charge in [0.1, 0.15) is 12.4 Å². The maximum atomic E-state index is 12.4. The fraction of sp³-hybridized carbons (Fsp3) is 0.625. The molecule has 0 saturated carbocycles. The summed E-state index contributed by atoms with van der Waals surface area (Å²) in [5, 5.41) is 10.6. The second-order valence-electron chi connectivity index (χ2n) is 6.24. The number of aromatic amines is 1. The second kappa shape index (κ2) is 7.57. The van der Waals surface area contributed by atoms with Gasteiger partial charge in [-0.15, -0.1) is 11.3 Å². The average molecular weight is 366 g/mol. The lowest BCUT2D eigenvalue weighted by Gasteiger charge is -2.18. The van der Waals surface area contributed by atoms with Crippen LogP contribution in [0.5, 0.6) is 0 Å². The number of hydrogen-bond acceptors (Lipinski definition) is 5.